The van der Waals surface area contributed by atoms with Gasteiger partial charge in [0.15, 0.2) is 0 Å². The van der Waals surface area contributed by atoms with Gasteiger partial charge in [-0.2, -0.15) is 0 Å². The van der Waals surface area contributed by atoms with E-state index in [1.54, 1.807) is 76.0 Å². The Balaban J connectivity index is 0.000000181. The van der Waals surface area contributed by atoms with E-state index in [2.05, 4.69) is 25.8 Å². The zero-order valence-corrected chi connectivity index (χ0v) is 79.3. The topological polar surface area (TPSA) is 310 Å². The third-order valence-corrected chi connectivity index (χ3v) is 23.7. The van der Waals surface area contributed by atoms with Crippen LogP contribution in [-0.4, -0.2) is 173 Å². The molecule has 0 bridgehead atoms. The second kappa shape index (κ2) is 57.5. The van der Waals surface area contributed by atoms with E-state index in [1.165, 1.54) is 0 Å². The van der Waals surface area contributed by atoms with Crippen LogP contribution in [0.25, 0.3) is 0 Å². The molecular weight excluding hydrogens is 1790 g/mol. The van der Waals surface area contributed by atoms with Gasteiger partial charge in [0.1, 0.15) is 104 Å². The fourth-order valence-corrected chi connectivity index (χ4v) is 14.8. The number of nitrogens with zero attached hydrogens (tertiary/aromatic N) is 6. The minimum absolute atomic E-state index is 0.0121. The van der Waals surface area contributed by atoms with Crippen LogP contribution in [-0.2, 0) is 96.6 Å². The molecule has 0 unspecified atom stereocenters. The third kappa shape index (κ3) is 33.5. The number of aliphatic hydroxyl groups is 2. The van der Waals surface area contributed by atoms with Crippen molar-refractivity contribution in [1.29, 1.82) is 0 Å². The highest BCUT2D eigenvalue weighted by Gasteiger charge is 2.29. The zero-order valence-electron chi connectivity index (χ0n) is 79.3. The van der Waals surface area contributed by atoms with Gasteiger partial charge in [-0.3, -0.25) is 43.5 Å². The summed E-state index contributed by atoms with van der Waals surface area (Å²) in [7, 11) is 0. The molecule has 0 spiro atoms. The fourth-order valence-electron chi connectivity index (χ4n) is 14.8. The van der Waals surface area contributed by atoms with Crippen LogP contribution < -0.4 is 43.8 Å². The van der Waals surface area contributed by atoms with Gasteiger partial charge in [0, 0.05) is 105 Å². The Labute approximate surface area is 800 Å². The molecule has 4 N–H and O–H groups in total. The Kier molecular flexibility index (Phi) is 45.1. The molecule has 0 radical (unpaired) electrons. The van der Waals surface area contributed by atoms with Crippen LogP contribution in [0, 0.1) is 0 Å². The first kappa shape index (κ1) is 108. The molecule has 0 fully saturated rings. The number of halogens is 7. The molecule has 25 nitrogen and oxygen atoms in total. The van der Waals surface area contributed by atoms with Crippen molar-refractivity contribution in [3.63, 3.8) is 0 Å². The second-order valence-corrected chi connectivity index (χ2v) is 33.1. The molecule has 15 rings (SSSR count). The van der Waals surface area contributed by atoms with Crippen molar-refractivity contribution in [3.8, 4) is 40.2 Å². The van der Waals surface area contributed by atoms with Crippen molar-refractivity contribution in [2.45, 2.75) is 184 Å². The Hall–Kier alpha value is -13.5. The number of aromatic nitrogens is 3. The molecule has 5 amide bonds. The predicted octanol–water partition coefficient (Wildman–Crippen LogP) is 18.7. The minimum atomic E-state index is -0.0604. The average molecular weight is 1910 g/mol. The summed E-state index contributed by atoms with van der Waals surface area (Å²) in [6.45, 7) is 18.8. The number of nitrogens with one attached hydrogen (secondary N) is 2. The van der Waals surface area contributed by atoms with Crippen molar-refractivity contribution in [1.82, 2.24) is 40.5 Å². The molecule has 8 heterocycles. The number of benzene rings is 5. The molecule has 32 heteroatoms. The van der Waals surface area contributed by atoms with Gasteiger partial charge in [-0.15, -0.1) is 0 Å². The van der Waals surface area contributed by atoms with Crippen molar-refractivity contribution >= 4 is 41.1 Å². The molecule has 5 aliphatic heterocycles. The van der Waals surface area contributed by atoms with Crippen molar-refractivity contribution in [3.05, 3.63) is 295 Å². The van der Waals surface area contributed by atoms with E-state index in [-0.39, 0.29) is 101 Å². The number of hydrogen-bond donors (Lipinski definition) is 4. The number of hydrogen-bond acceptors (Lipinski definition) is 20. The predicted molar refractivity (Wildman–Crippen MR) is 509 cm³/mol. The summed E-state index contributed by atoms with van der Waals surface area (Å²) >= 11 is 0. The first-order chi connectivity index (χ1) is 67.0. The third-order valence-electron chi connectivity index (χ3n) is 23.7. The molecule has 3 aromatic heterocycles. The normalized spacial score (nSPS) is 15.1. The van der Waals surface area contributed by atoms with E-state index in [9.17, 15) is 64.3 Å². The maximum absolute atomic E-state index is 12.6. The van der Waals surface area contributed by atoms with Gasteiger partial charge in [-0.25, -0.2) is 30.7 Å². The Morgan fingerprint density at radius 1 is 0.348 bits per heavy atom. The summed E-state index contributed by atoms with van der Waals surface area (Å²) in [5.74, 6) is 4.87. The summed E-state index contributed by atoms with van der Waals surface area (Å²) in [4.78, 5) is 95.9. The molecule has 5 aromatic carbocycles. The van der Waals surface area contributed by atoms with Crippen molar-refractivity contribution in [2.24, 2.45) is 0 Å². The number of carbonyl (C=O) groups excluding carboxylic acids is 7. The molecule has 2 aliphatic carbocycles. The molecule has 0 atom stereocenters. The summed E-state index contributed by atoms with van der Waals surface area (Å²) in [5, 5.41) is 27.1. The summed E-state index contributed by atoms with van der Waals surface area (Å²) in [5.41, 5.74) is 17.9. The van der Waals surface area contributed by atoms with E-state index in [4.69, 9.17) is 47.9 Å². The summed E-state index contributed by atoms with van der Waals surface area (Å²) < 4.78 is 131. The van der Waals surface area contributed by atoms with E-state index in [1.807, 2.05) is 115 Å². The zero-order chi connectivity index (χ0) is 99.3. The maximum Gasteiger partial charge on any atom is 0.254 e. The fraction of sp³-hybridized carbons (Fsp3) is 0.396. The number of rotatable bonds is 34. The number of aliphatic hydroxyl groups excluding tert-OH is 2. The van der Waals surface area contributed by atoms with Gasteiger partial charge in [-0.05, 0) is 257 Å². The molecule has 0 saturated carbocycles. The number of Topliss-reactive ketones (excluding diaryl/α,β-unsaturated/α-hetero) is 2. The molecule has 738 valence electrons. The Morgan fingerprint density at radius 2 is 0.638 bits per heavy atom. The standard InChI is InChI=1S/C18H19FN2O3.2C16H20FNO3.4C14H16FNO2/c1-2-13(8-19)11-23-16-3-4-17-15(7-16)5-6-21(18(17)22)10-14-9-20-24-12-14;2*1-2-12(10-17)11-21-14-3-4-15-13(9-14)5-6-18(7-8-19)16(15)20;2*1-2-10(7-15)9-18-13-6-11-5-12(17)3-4-14(11)16-8-13;2*1-2-10(7-15)9-18-13-4-3-11-8-16-14(17)6-12(11)5-13/h3-4,7-9,12H,2,5-6,10-11H2,1H3;2*3-4,9-10,19H,2,5-8,11H2,1H3;2*6-8H,2-5,9H2,1H3;2*3-5,7H,2,6,8-9H2,1H3,(H,16,17)/b13-8-;12-10+;12-10-;10-7+;10-7-;10-7+;10-7-. The number of carbonyl (C=O) groups is 7. The lowest BCUT2D eigenvalue weighted by molar-refractivity contribution is -0.121. The first-order valence-corrected chi connectivity index (χ1v) is 46.5. The van der Waals surface area contributed by atoms with Crippen LogP contribution in [0.5, 0.6) is 40.2 Å². The van der Waals surface area contributed by atoms with Crippen LogP contribution >= 0.6 is 0 Å². The van der Waals surface area contributed by atoms with Crippen LogP contribution in [0.4, 0.5) is 30.7 Å². The Morgan fingerprint density at radius 3 is 0.935 bits per heavy atom. The number of β-amino-alcohol motifs (C(OH)–C–C–N with tert-alkyl or cyclic N) is 2. The first-order valence-electron chi connectivity index (χ1n) is 46.5. The van der Waals surface area contributed by atoms with Gasteiger partial charge < -0.3 is 73.2 Å². The highest BCUT2D eigenvalue weighted by Crippen LogP contribution is 2.32. The van der Waals surface area contributed by atoms with Gasteiger partial charge in [0.2, 0.25) is 11.8 Å². The number of amides is 5. The van der Waals surface area contributed by atoms with Crippen LogP contribution in [0.2, 0.25) is 0 Å². The van der Waals surface area contributed by atoms with Crippen LogP contribution in [0.3, 0.4) is 0 Å². The van der Waals surface area contributed by atoms with E-state index >= 15 is 0 Å². The van der Waals surface area contributed by atoms with Gasteiger partial charge in [0.25, 0.3) is 17.7 Å². The van der Waals surface area contributed by atoms with E-state index in [0.29, 0.717) is 289 Å². The lowest BCUT2D eigenvalue weighted by atomic mass is 9.95. The number of aryl methyl sites for hydroxylation is 2. The lowest BCUT2D eigenvalue weighted by Gasteiger charge is -2.28. The highest BCUT2D eigenvalue weighted by atomic mass is 19.1. The number of ketones is 2. The van der Waals surface area contributed by atoms with E-state index < -0.39 is 0 Å². The minimum Gasteiger partial charge on any atom is -0.489 e. The number of ether oxygens (including phenoxy) is 7. The molecule has 8 aromatic rings. The average Bonchev–Trinajstić information content (AvgIpc) is 0.878. The van der Waals surface area contributed by atoms with Gasteiger partial charge in [0.05, 0.1) is 95.5 Å². The monoisotopic (exact) mass is 1910 g/mol. The summed E-state index contributed by atoms with van der Waals surface area (Å²) in [6.07, 6.45) is 21.2. The Bertz CT molecular complexity index is 5200. The molecule has 138 heavy (non-hydrogen) atoms. The van der Waals surface area contributed by atoms with E-state index in [0.717, 1.165) is 86.3 Å². The van der Waals surface area contributed by atoms with Crippen LogP contribution in [0.15, 0.2) is 216 Å². The lowest BCUT2D eigenvalue weighted by Crippen LogP contribution is -2.39. The van der Waals surface area contributed by atoms with Gasteiger partial charge in [-0.1, -0.05) is 65.8 Å². The van der Waals surface area contributed by atoms with Crippen molar-refractivity contribution in [2.75, 3.05) is 92.2 Å². The molecule has 0 saturated heterocycles. The number of fused-ring (bicyclic) bond motifs is 7. The SMILES string of the molecule is CC/C(=C/F)COc1ccc2c(c1)CC(=O)NC2.CC/C(=C/F)COc1ccc2c(c1)CCN(CCO)C2=O.CC/C(=C/F)COc1ccc2c(c1)CCN(Cc1cnoc1)C2=O.CC/C(=C/F)COc1cnc2c(c1)CC(=O)CC2.CC/C(=C\F)COc1ccc2c(c1)CC(=O)NC2.CC/C(=C\F)COc1ccc2c(c1)CCN(CCO)C2=O.CC/C(=C\F)COc1cnc2c(c1)CC(=O)CC2. The second-order valence-electron chi connectivity index (χ2n) is 33.1. The number of pyridine rings is 2. The molecular formula is C106H123F7N8O17. The molecule has 7 aliphatic rings. The highest BCUT2D eigenvalue weighted by molar-refractivity contribution is 5.98. The maximum atomic E-state index is 12.6. The summed E-state index contributed by atoms with van der Waals surface area (Å²) in [6, 6.07) is 31.0. The van der Waals surface area contributed by atoms with Gasteiger partial charge >= 0.3 is 0 Å². The van der Waals surface area contributed by atoms with Crippen LogP contribution in [0.1, 0.15) is 204 Å². The quantitative estimate of drug-likeness (QED) is 0.0272. The van der Waals surface area contributed by atoms with Crippen molar-refractivity contribution < 1.29 is 112 Å². The largest absolute Gasteiger partial charge is 0.489 e. The smallest absolute Gasteiger partial charge is 0.254 e.